The van der Waals surface area contributed by atoms with Gasteiger partial charge < -0.3 is 19.3 Å². The lowest BCUT2D eigenvalue weighted by atomic mass is 10.3. The van der Waals surface area contributed by atoms with Crippen molar-refractivity contribution in [2.45, 2.75) is 13.1 Å². The first-order chi connectivity index (χ1) is 8.77. The third kappa shape index (κ3) is 2.47. The van der Waals surface area contributed by atoms with Crippen LogP contribution in [-0.4, -0.2) is 47.4 Å². The molecule has 0 aliphatic rings. The van der Waals surface area contributed by atoms with Crippen molar-refractivity contribution in [2.75, 3.05) is 13.2 Å². The number of aromatic nitrogens is 4. The Bertz CT molecular complexity index is 488. The fourth-order valence-electron chi connectivity index (χ4n) is 1.71. The van der Waals surface area contributed by atoms with E-state index in [0.717, 1.165) is 0 Å². The normalized spacial score (nSPS) is 10.8. The molecule has 0 spiro atoms. The van der Waals surface area contributed by atoms with E-state index >= 15 is 0 Å². The molecule has 0 saturated carbocycles. The highest BCUT2D eigenvalue weighted by molar-refractivity contribution is 7.81. The molecular weight excluding hydrogens is 252 g/mol. The summed E-state index contributed by atoms with van der Waals surface area (Å²) in [4.78, 5) is 8.88. The lowest BCUT2D eigenvalue weighted by Gasteiger charge is -2.09. The van der Waals surface area contributed by atoms with Crippen LogP contribution in [0.2, 0.25) is 0 Å². The summed E-state index contributed by atoms with van der Waals surface area (Å²) < 4.78 is 3.56. The smallest absolute Gasteiger partial charge is 0.154 e. The van der Waals surface area contributed by atoms with Crippen LogP contribution in [0.1, 0.15) is 11.6 Å². The minimum atomic E-state index is 0.0249. The lowest BCUT2D eigenvalue weighted by molar-refractivity contribution is 0.275. The highest BCUT2D eigenvalue weighted by atomic mass is 32.1. The average molecular weight is 266 g/mol. The summed E-state index contributed by atoms with van der Waals surface area (Å²) in [5.74, 6) is 1.20. The Morgan fingerprint density at radius 1 is 1.00 bits per heavy atom. The number of aliphatic hydroxyl groups is 2. The van der Waals surface area contributed by atoms with Crippen molar-refractivity contribution in [3.8, 4) is 0 Å². The second-order valence-corrected chi connectivity index (χ2v) is 4.07. The molecular formula is C11H14N4O2S. The van der Waals surface area contributed by atoms with Crippen LogP contribution >= 0.6 is 12.2 Å². The molecule has 2 aromatic rings. The zero-order valence-electron chi connectivity index (χ0n) is 9.73. The Kier molecular flexibility index (Phi) is 4.19. The molecule has 0 amide bonds. The predicted molar refractivity (Wildman–Crippen MR) is 69.4 cm³/mol. The van der Waals surface area contributed by atoms with Crippen LogP contribution in [0.5, 0.6) is 0 Å². The van der Waals surface area contributed by atoms with E-state index in [1.807, 2.05) is 0 Å². The average Bonchev–Trinajstić information content (AvgIpc) is 2.98. The van der Waals surface area contributed by atoms with Crippen LogP contribution in [0.25, 0.3) is 0 Å². The van der Waals surface area contributed by atoms with Gasteiger partial charge in [-0.05, 0) is 0 Å². The van der Waals surface area contributed by atoms with E-state index in [1.54, 1.807) is 33.9 Å². The summed E-state index contributed by atoms with van der Waals surface area (Å²) >= 11 is 5.37. The molecule has 2 rings (SSSR count). The van der Waals surface area contributed by atoms with Gasteiger partial charge in [0.25, 0.3) is 0 Å². The summed E-state index contributed by atoms with van der Waals surface area (Å²) in [5.41, 5.74) is 0. The van der Waals surface area contributed by atoms with Gasteiger partial charge in [0.2, 0.25) is 0 Å². The molecule has 7 heteroatoms. The highest BCUT2D eigenvalue weighted by Gasteiger charge is 2.15. The Morgan fingerprint density at radius 2 is 1.44 bits per heavy atom. The van der Waals surface area contributed by atoms with Gasteiger partial charge in [0, 0.05) is 37.9 Å². The van der Waals surface area contributed by atoms with Gasteiger partial charge in [0.1, 0.15) is 4.86 Å². The third-order valence-corrected chi connectivity index (χ3v) is 2.88. The van der Waals surface area contributed by atoms with Crippen molar-refractivity contribution in [2.24, 2.45) is 0 Å². The fourth-order valence-corrected chi connectivity index (χ4v) is 2.05. The maximum atomic E-state index is 8.97. The molecule has 0 aliphatic heterocycles. The Balaban J connectivity index is 2.29. The molecule has 0 atom stereocenters. The van der Waals surface area contributed by atoms with E-state index in [0.29, 0.717) is 29.6 Å². The monoisotopic (exact) mass is 266 g/mol. The Hall–Kier alpha value is -1.57. The Morgan fingerprint density at radius 3 is 1.83 bits per heavy atom. The molecule has 2 N–H and O–H groups in total. The van der Waals surface area contributed by atoms with Gasteiger partial charge in [-0.15, -0.1) is 0 Å². The molecule has 2 aromatic heterocycles. The van der Waals surface area contributed by atoms with Gasteiger partial charge in [-0.3, -0.25) is 0 Å². The molecule has 96 valence electrons. The SMILES string of the molecule is OCCn1ccnc1C(=S)c1nccn1CCO. The van der Waals surface area contributed by atoms with Crippen molar-refractivity contribution in [3.63, 3.8) is 0 Å². The number of hydrogen-bond donors (Lipinski definition) is 2. The Labute approximate surface area is 110 Å². The lowest BCUT2D eigenvalue weighted by Crippen LogP contribution is -2.17. The first-order valence-electron chi connectivity index (χ1n) is 5.56. The predicted octanol–water partition coefficient (Wildman–Crippen LogP) is -0.170. The zero-order valence-corrected chi connectivity index (χ0v) is 10.5. The molecule has 2 heterocycles. The molecule has 18 heavy (non-hydrogen) atoms. The van der Waals surface area contributed by atoms with Crippen LogP contribution in [0.3, 0.4) is 0 Å². The quantitative estimate of drug-likeness (QED) is 0.561. The van der Waals surface area contributed by atoms with Gasteiger partial charge in [-0.2, -0.15) is 0 Å². The van der Waals surface area contributed by atoms with Crippen molar-refractivity contribution in [3.05, 3.63) is 36.4 Å². The van der Waals surface area contributed by atoms with Crippen LogP contribution in [0, 0.1) is 0 Å². The van der Waals surface area contributed by atoms with Crippen molar-refractivity contribution in [1.29, 1.82) is 0 Å². The summed E-state index contributed by atoms with van der Waals surface area (Å²) in [6, 6.07) is 0. The second-order valence-electron chi connectivity index (χ2n) is 3.66. The van der Waals surface area contributed by atoms with E-state index in [1.165, 1.54) is 0 Å². The molecule has 0 unspecified atom stereocenters. The van der Waals surface area contributed by atoms with Crippen LogP contribution in [-0.2, 0) is 13.1 Å². The molecule has 6 nitrogen and oxygen atoms in total. The number of imidazole rings is 2. The molecule has 0 aliphatic carbocycles. The van der Waals surface area contributed by atoms with Gasteiger partial charge >= 0.3 is 0 Å². The minimum Gasteiger partial charge on any atom is -0.395 e. The number of rotatable bonds is 6. The minimum absolute atomic E-state index is 0.0249. The maximum absolute atomic E-state index is 8.97. The number of hydrogen-bond acceptors (Lipinski definition) is 5. The van der Waals surface area contributed by atoms with Crippen molar-refractivity contribution >= 4 is 17.1 Å². The molecule has 0 fully saturated rings. The molecule has 0 aromatic carbocycles. The van der Waals surface area contributed by atoms with Gasteiger partial charge in [-0.1, -0.05) is 12.2 Å². The van der Waals surface area contributed by atoms with Crippen molar-refractivity contribution in [1.82, 2.24) is 19.1 Å². The number of thiocarbonyl (C=S) groups is 1. The maximum Gasteiger partial charge on any atom is 0.154 e. The molecule has 0 bridgehead atoms. The van der Waals surface area contributed by atoms with Crippen LogP contribution < -0.4 is 0 Å². The van der Waals surface area contributed by atoms with E-state index in [2.05, 4.69) is 9.97 Å². The molecule has 0 radical (unpaired) electrons. The fraction of sp³-hybridized carbons (Fsp3) is 0.364. The topological polar surface area (TPSA) is 76.1 Å². The summed E-state index contributed by atoms with van der Waals surface area (Å²) in [6.45, 7) is 0.931. The molecule has 0 saturated heterocycles. The summed E-state index contributed by atoms with van der Waals surface area (Å²) in [6.07, 6.45) is 6.79. The first kappa shape index (κ1) is 12.9. The van der Waals surface area contributed by atoms with E-state index in [4.69, 9.17) is 22.4 Å². The second kappa shape index (κ2) is 5.85. The standard InChI is InChI=1S/C11H14N4O2S/c16-7-5-14-3-1-12-10(14)9(18)11-13-2-4-15(11)6-8-17/h1-4,16-17H,5-8H2. The summed E-state index contributed by atoms with van der Waals surface area (Å²) in [5, 5.41) is 17.9. The number of nitrogens with zero attached hydrogens (tertiary/aromatic N) is 4. The number of aliphatic hydroxyl groups excluding tert-OH is 2. The third-order valence-electron chi connectivity index (χ3n) is 2.52. The van der Waals surface area contributed by atoms with Gasteiger partial charge in [-0.25, -0.2) is 9.97 Å². The van der Waals surface area contributed by atoms with Crippen LogP contribution in [0.15, 0.2) is 24.8 Å². The first-order valence-corrected chi connectivity index (χ1v) is 5.97. The van der Waals surface area contributed by atoms with E-state index < -0.39 is 0 Å². The van der Waals surface area contributed by atoms with Crippen LogP contribution in [0.4, 0.5) is 0 Å². The van der Waals surface area contributed by atoms with E-state index in [9.17, 15) is 0 Å². The van der Waals surface area contributed by atoms with Gasteiger partial charge in [0.15, 0.2) is 11.6 Å². The summed E-state index contributed by atoms with van der Waals surface area (Å²) in [7, 11) is 0. The van der Waals surface area contributed by atoms with Crippen molar-refractivity contribution < 1.29 is 10.2 Å². The zero-order chi connectivity index (χ0) is 13.0. The van der Waals surface area contributed by atoms with Gasteiger partial charge in [0.05, 0.1) is 13.2 Å². The van der Waals surface area contributed by atoms with E-state index in [-0.39, 0.29) is 13.2 Å². The largest absolute Gasteiger partial charge is 0.395 e. The highest BCUT2D eigenvalue weighted by Crippen LogP contribution is 2.08.